The van der Waals surface area contributed by atoms with Gasteiger partial charge in [0.1, 0.15) is 0 Å². The van der Waals surface area contributed by atoms with Crippen molar-refractivity contribution in [3.8, 4) is 0 Å². The fourth-order valence-electron chi connectivity index (χ4n) is 2.66. The Morgan fingerprint density at radius 2 is 2.25 bits per heavy atom. The van der Waals surface area contributed by atoms with E-state index in [-0.39, 0.29) is 17.9 Å². The summed E-state index contributed by atoms with van der Waals surface area (Å²) in [6, 6.07) is 0.141. The van der Waals surface area contributed by atoms with Gasteiger partial charge in [0.2, 0.25) is 11.8 Å². The van der Waals surface area contributed by atoms with Crippen LogP contribution in [-0.2, 0) is 9.59 Å². The summed E-state index contributed by atoms with van der Waals surface area (Å²) in [5.74, 6) is -0.269. The molecule has 2 saturated heterocycles. The standard InChI is InChI=1S/C11H19N3O2/c1-2-14(8-4-3-5-12-7-8)9-6-10(15)13-11(9)16/h8-9,12H,2-7H2,1H3,(H,13,15,16). The third kappa shape index (κ3) is 2.25. The van der Waals surface area contributed by atoms with Crippen LogP contribution in [0.5, 0.6) is 0 Å². The first-order valence-electron chi connectivity index (χ1n) is 6.02. The van der Waals surface area contributed by atoms with Gasteiger partial charge in [-0.25, -0.2) is 0 Å². The first kappa shape index (κ1) is 11.5. The largest absolute Gasteiger partial charge is 0.315 e. The molecule has 2 amide bonds. The van der Waals surface area contributed by atoms with E-state index in [4.69, 9.17) is 0 Å². The molecule has 0 aliphatic carbocycles. The average molecular weight is 225 g/mol. The molecule has 2 heterocycles. The lowest BCUT2D eigenvalue weighted by molar-refractivity contribution is -0.126. The minimum Gasteiger partial charge on any atom is -0.315 e. The van der Waals surface area contributed by atoms with Crippen molar-refractivity contribution in [3.63, 3.8) is 0 Å². The molecule has 0 aromatic heterocycles. The second kappa shape index (κ2) is 4.93. The summed E-state index contributed by atoms with van der Waals surface area (Å²) >= 11 is 0. The van der Waals surface area contributed by atoms with Crippen LogP contribution < -0.4 is 10.6 Å². The SMILES string of the molecule is CCN(C1CCCNC1)C1CC(=O)NC1=O. The quantitative estimate of drug-likeness (QED) is 0.634. The summed E-state index contributed by atoms with van der Waals surface area (Å²) in [6.45, 7) is 4.85. The van der Waals surface area contributed by atoms with Gasteiger partial charge in [0.05, 0.1) is 12.5 Å². The molecule has 2 aliphatic rings. The number of hydrogen-bond acceptors (Lipinski definition) is 4. The number of rotatable bonds is 3. The topological polar surface area (TPSA) is 61.4 Å². The van der Waals surface area contributed by atoms with Crippen LogP contribution in [0.15, 0.2) is 0 Å². The van der Waals surface area contributed by atoms with Gasteiger partial charge in [0, 0.05) is 12.6 Å². The van der Waals surface area contributed by atoms with Gasteiger partial charge < -0.3 is 5.32 Å². The van der Waals surface area contributed by atoms with E-state index < -0.39 is 0 Å². The van der Waals surface area contributed by atoms with E-state index in [1.165, 1.54) is 0 Å². The van der Waals surface area contributed by atoms with Crippen LogP contribution in [0.1, 0.15) is 26.2 Å². The number of likely N-dealkylation sites (N-methyl/N-ethyl adjacent to an activating group) is 1. The van der Waals surface area contributed by atoms with Gasteiger partial charge in [-0.05, 0) is 25.9 Å². The minimum atomic E-state index is -0.248. The predicted octanol–water partition coefficient (Wildman–Crippen LogP) is -0.525. The third-order valence-electron chi connectivity index (χ3n) is 3.45. The highest BCUT2D eigenvalue weighted by atomic mass is 16.2. The van der Waals surface area contributed by atoms with E-state index in [9.17, 15) is 9.59 Å². The molecule has 0 saturated carbocycles. The fraction of sp³-hybridized carbons (Fsp3) is 0.818. The molecule has 0 aromatic carbocycles. The lowest BCUT2D eigenvalue weighted by Gasteiger charge is -2.36. The molecule has 2 unspecified atom stereocenters. The van der Waals surface area contributed by atoms with Crippen molar-refractivity contribution in [1.29, 1.82) is 0 Å². The van der Waals surface area contributed by atoms with Crippen LogP contribution in [0.4, 0.5) is 0 Å². The molecule has 0 radical (unpaired) electrons. The molecule has 2 atom stereocenters. The molecule has 0 bridgehead atoms. The normalized spacial score (nSPS) is 30.9. The summed E-state index contributed by atoms with van der Waals surface area (Å²) < 4.78 is 0. The molecular weight excluding hydrogens is 206 g/mol. The van der Waals surface area contributed by atoms with Crippen LogP contribution in [0, 0.1) is 0 Å². The summed E-state index contributed by atoms with van der Waals surface area (Å²) in [5.41, 5.74) is 0. The van der Waals surface area contributed by atoms with E-state index in [1.807, 2.05) is 6.92 Å². The molecule has 2 rings (SSSR count). The predicted molar refractivity (Wildman–Crippen MR) is 59.8 cm³/mol. The van der Waals surface area contributed by atoms with Crippen LogP contribution in [-0.4, -0.2) is 48.4 Å². The monoisotopic (exact) mass is 225 g/mol. The first-order valence-corrected chi connectivity index (χ1v) is 6.02. The maximum Gasteiger partial charge on any atom is 0.244 e. The van der Waals surface area contributed by atoms with Crippen molar-refractivity contribution in [2.75, 3.05) is 19.6 Å². The van der Waals surface area contributed by atoms with Gasteiger partial charge in [-0.15, -0.1) is 0 Å². The highest BCUT2D eigenvalue weighted by Crippen LogP contribution is 2.18. The molecule has 0 spiro atoms. The van der Waals surface area contributed by atoms with Crippen molar-refractivity contribution >= 4 is 11.8 Å². The van der Waals surface area contributed by atoms with Crippen molar-refractivity contribution in [3.05, 3.63) is 0 Å². The second-order valence-corrected chi connectivity index (χ2v) is 4.46. The number of hydrogen-bond donors (Lipinski definition) is 2. The van der Waals surface area contributed by atoms with Gasteiger partial charge in [0.25, 0.3) is 0 Å². The molecule has 5 heteroatoms. The average Bonchev–Trinajstić information content (AvgIpc) is 2.61. The number of carbonyl (C=O) groups excluding carboxylic acids is 2. The van der Waals surface area contributed by atoms with Gasteiger partial charge in [-0.3, -0.25) is 19.8 Å². The maximum atomic E-state index is 11.6. The van der Waals surface area contributed by atoms with Crippen molar-refractivity contribution in [1.82, 2.24) is 15.5 Å². The molecule has 5 nitrogen and oxygen atoms in total. The summed E-state index contributed by atoms with van der Waals surface area (Å²) in [5, 5.41) is 5.72. The van der Waals surface area contributed by atoms with E-state index >= 15 is 0 Å². The summed E-state index contributed by atoms with van der Waals surface area (Å²) in [4.78, 5) is 25.0. The van der Waals surface area contributed by atoms with E-state index in [2.05, 4.69) is 15.5 Å². The molecule has 90 valence electrons. The highest BCUT2D eigenvalue weighted by Gasteiger charge is 2.37. The third-order valence-corrected chi connectivity index (χ3v) is 3.45. The van der Waals surface area contributed by atoms with E-state index in [0.29, 0.717) is 12.5 Å². The lowest BCUT2D eigenvalue weighted by atomic mass is 10.0. The van der Waals surface area contributed by atoms with Crippen LogP contribution in [0.2, 0.25) is 0 Å². The molecule has 2 fully saturated rings. The fourth-order valence-corrected chi connectivity index (χ4v) is 2.66. The van der Waals surface area contributed by atoms with E-state index in [1.54, 1.807) is 0 Å². The Labute approximate surface area is 95.6 Å². The van der Waals surface area contributed by atoms with Gasteiger partial charge in [-0.2, -0.15) is 0 Å². The number of amides is 2. The molecule has 2 aliphatic heterocycles. The van der Waals surface area contributed by atoms with Gasteiger partial charge in [0.15, 0.2) is 0 Å². The maximum absolute atomic E-state index is 11.6. The Bertz CT molecular complexity index is 287. The Balaban J connectivity index is 2.03. The molecular formula is C11H19N3O2. The zero-order valence-electron chi connectivity index (χ0n) is 9.66. The number of imide groups is 1. The van der Waals surface area contributed by atoms with Crippen LogP contribution in [0.25, 0.3) is 0 Å². The van der Waals surface area contributed by atoms with Gasteiger partial charge in [-0.1, -0.05) is 6.92 Å². The second-order valence-electron chi connectivity index (χ2n) is 4.46. The smallest absolute Gasteiger partial charge is 0.244 e. The highest BCUT2D eigenvalue weighted by molar-refractivity contribution is 6.05. The van der Waals surface area contributed by atoms with Crippen LogP contribution >= 0.6 is 0 Å². The number of carbonyl (C=O) groups is 2. The van der Waals surface area contributed by atoms with Gasteiger partial charge >= 0.3 is 0 Å². The lowest BCUT2D eigenvalue weighted by Crippen LogP contribution is -2.52. The number of nitrogens with one attached hydrogen (secondary N) is 2. The number of piperidine rings is 1. The molecule has 2 N–H and O–H groups in total. The van der Waals surface area contributed by atoms with Crippen molar-refractivity contribution in [2.45, 2.75) is 38.3 Å². The minimum absolute atomic E-state index is 0.127. The zero-order chi connectivity index (χ0) is 11.5. The first-order chi connectivity index (χ1) is 7.72. The Morgan fingerprint density at radius 3 is 2.75 bits per heavy atom. The summed E-state index contributed by atoms with van der Waals surface area (Å²) in [6.07, 6.45) is 2.57. The Morgan fingerprint density at radius 1 is 1.44 bits per heavy atom. The van der Waals surface area contributed by atoms with Crippen molar-refractivity contribution < 1.29 is 9.59 Å². The Kier molecular flexibility index (Phi) is 3.56. The van der Waals surface area contributed by atoms with E-state index in [0.717, 1.165) is 32.5 Å². The summed E-state index contributed by atoms with van der Waals surface area (Å²) in [7, 11) is 0. The van der Waals surface area contributed by atoms with Crippen LogP contribution in [0.3, 0.4) is 0 Å². The Hall–Kier alpha value is -0.940. The number of nitrogens with zero attached hydrogens (tertiary/aromatic N) is 1. The molecule has 16 heavy (non-hydrogen) atoms. The van der Waals surface area contributed by atoms with Crippen molar-refractivity contribution in [2.24, 2.45) is 0 Å². The molecule has 0 aromatic rings. The zero-order valence-corrected chi connectivity index (χ0v) is 9.66.